The Balaban J connectivity index is 2.94. The Bertz CT molecular complexity index is 863. The van der Waals surface area contributed by atoms with Gasteiger partial charge in [-0.2, -0.15) is 11.8 Å². The molecule has 1 aliphatic heterocycles. The average Bonchev–Trinajstić information content (AvgIpc) is 3.35. The summed E-state index contributed by atoms with van der Waals surface area (Å²) in [6.45, 7) is 0.820. The van der Waals surface area contributed by atoms with Gasteiger partial charge in [0.2, 0.25) is 17.7 Å². The second-order valence-electron chi connectivity index (χ2n) is 8.94. The van der Waals surface area contributed by atoms with Crippen LogP contribution in [0.25, 0.3) is 0 Å². The molecule has 16 heteroatoms. The van der Waals surface area contributed by atoms with Crippen molar-refractivity contribution in [1.29, 1.82) is 0 Å². The molecule has 4 unspecified atom stereocenters. The third-order valence-corrected chi connectivity index (χ3v) is 6.57. The zero-order chi connectivity index (χ0) is 28.7. The number of amides is 3. The van der Waals surface area contributed by atoms with E-state index in [2.05, 4.69) is 20.6 Å². The minimum Gasteiger partial charge on any atom is -0.480 e. The van der Waals surface area contributed by atoms with Crippen LogP contribution >= 0.6 is 11.8 Å². The minimum atomic E-state index is -1.10. The van der Waals surface area contributed by atoms with Gasteiger partial charge in [0.05, 0.1) is 6.04 Å². The zero-order valence-electron chi connectivity index (χ0n) is 21.8. The SMILES string of the molecule is CSCCC(NC(=O)C(N)CCCN=C(N)N)C(=O)NC(CCCN=C(N)N)C(=O)N1CCCC1C(=O)O. The molecule has 0 saturated carbocycles. The number of hydrogen-bond donors (Lipinski definition) is 8. The summed E-state index contributed by atoms with van der Waals surface area (Å²) in [5, 5.41) is 14.9. The molecule has 13 N–H and O–H groups in total. The lowest BCUT2D eigenvalue weighted by atomic mass is 10.1. The topological polar surface area (TPSA) is 271 Å². The van der Waals surface area contributed by atoms with Crippen LogP contribution in [0.4, 0.5) is 0 Å². The molecule has 15 nitrogen and oxygen atoms in total. The second-order valence-corrected chi connectivity index (χ2v) is 9.92. The highest BCUT2D eigenvalue weighted by atomic mass is 32.2. The molecule has 0 aromatic heterocycles. The summed E-state index contributed by atoms with van der Waals surface area (Å²) in [7, 11) is 0. The molecule has 0 spiro atoms. The van der Waals surface area contributed by atoms with Crippen molar-refractivity contribution in [2.75, 3.05) is 31.6 Å². The number of aliphatic imine (C=N–C) groups is 2. The molecule has 1 saturated heterocycles. The smallest absolute Gasteiger partial charge is 0.326 e. The molecule has 1 heterocycles. The van der Waals surface area contributed by atoms with Gasteiger partial charge in [-0.25, -0.2) is 4.79 Å². The van der Waals surface area contributed by atoms with Crippen LogP contribution in [0, 0.1) is 0 Å². The predicted octanol–water partition coefficient (Wildman–Crippen LogP) is -2.78. The maximum atomic E-state index is 13.3. The number of nitrogens with two attached hydrogens (primary N) is 5. The number of guanidine groups is 2. The van der Waals surface area contributed by atoms with Crippen molar-refractivity contribution in [3.63, 3.8) is 0 Å². The van der Waals surface area contributed by atoms with Gasteiger partial charge in [-0.3, -0.25) is 24.4 Å². The number of carboxylic acids is 1. The maximum Gasteiger partial charge on any atom is 0.326 e. The Morgan fingerprint density at radius 1 is 0.947 bits per heavy atom. The Morgan fingerprint density at radius 2 is 1.53 bits per heavy atom. The van der Waals surface area contributed by atoms with Crippen LogP contribution in [-0.4, -0.2) is 101 Å². The van der Waals surface area contributed by atoms with E-state index < -0.39 is 47.9 Å². The van der Waals surface area contributed by atoms with Crippen molar-refractivity contribution >= 4 is 47.4 Å². The first kappa shape index (κ1) is 32.8. The molecule has 0 aromatic rings. The van der Waals surface area contributed by atoms with Gasteiger partial charge in [0, 0.05) is 19.6 Å². The zero-order valence-corrected chi connectivity index (χ0v) is 22.6. The van der Waals surface area contributed by atoms with E-state index in [0.717, 1.165) is 0 Å². The van der Waals surface area contributed by atoms with Crippen molar-refractivity contribution in [2.45, 2.75) is 69.1 Å². The van der Waals surface area contributed by atoms with E-state index in [0.29, 0.717) is 50.8 Å². The molecule has 0 aliphatic carbocycles. The van der Waals surface area contributed by atoms with E-state index >= 15 is 0 Å². The highest BCUT2D eigenvalue weighted by Crippen LogP contribution is 2.20. The van der Waals surface area contributed by atoms with E-state index in [-0.39, 0.29) is 31.4 Å². The molecule has 0 bridgehead atoms. The van der Waals surface area contributed by atoms with Crippen molar-refractivity contribution in [3.8, 4) is 0 Å². The monoisotopic (exact) mass is 558 g/mol. The summed E-state index contributed by atoms with van der Waals surface area (Å²) in [5.74, 6) is -2.27. The highest BCUT2D eigenvalue weighted by molar-refractivity contribution is 7.98. The molecular weight excluding hydrogens is 516 g/mol. The molecule has 216 valence electrons. The number of carbonyl (C=O) groups is 4. The molecule has 38 heavy (non-hydrogen) atoms. The fourth-order valence-electron chi connectivity index (χ4n) is 3.95. The van der Waals surface area contributed by atoms with Gasteiger partial charge in [-0.15, -0.1) is 0 Å². The van der Waals surface area contributed by atoms with E-state index in [4.69, 9.17) is 28.7 Å². The van der Waals surface area contributed by atoms with Crippen LogP contribution in [0.3, 0.4) is 0 Å². The van der Waals surface area contributed by atoms with E-state index in [1.165, 1.54) is 16.7 Å². The van der Waals surface area contributed by atoms with Crippen LogP contribution in [0.5, 0.6) is 0 Å². The van der Waals surface area contributed by atoms with Gasteiger partial charge < -0.3 is 49.3 Å². The van der Waals surface area contributed by atoms with Crippen LogP contribution < -0.4 is 39.3 Å². The Hall–Kier alpha value is -3.27. The van der Waals surface area contributed by atoms with Crippen LogP contribution in [-0.2, 0) is 19.2 Å². The standard InChI is InChI=1S/C22H42N10O5S/c1-38-12-8-14(30-17(33)13(23)5-2-9-28-21(24)25)18(34)31-15(6-3-10-29-22(26)27)19(35)32-11-4-7-16(32)20(36)37/h13-16H,2-12,23H2,1H3,(H,30,33)(H,31,34)(H,36,37)(H4,24,25,28)(H4,26,27,29). The van der Waals surface area contributed by atoms with Gasteiger partial charge in [-0.05, 0) is 57.0 Å². The molecule has 3 amide bonds. The fourth-order valence-corrected chi connectivity index (χ4v) is 4.43. The fraction of sp³-hybridized carbons (Fsp3) is 0.727. The summed E-state index contributed by atoms with van der Waals surface area (Å²) < 4.78 is 0. The van der Waals surface area contributed by atoms with Crippen LogP contribution in [0.1, 0.15) is 44.9 Å². The van der Waals surface area contributed by atoms with E-state index in [1.807, 2.05) is 6.26 Å². The highest BCUT2D eigenvalue weighted by Gasteiger charge is 2.38. The Morgan fingerprint density at radius 3 is 2.08 bits per heavy atom. The van der Waals surface area contributed by atoms with Gasteiger partial charge in [0.1, 0.15) is 18.1 Å². The predicted molar refractivity (Wildman–Crippen MR) is 147 cm³/mol. The molecule has 1 aliphatic rings. The van der Waals surface area contributed by atoms with Crippen molar-refractivity contribution in [1.82, 2.24) is 15.5 Å². The first-order valence-corrected chi connectivity index (χ1v) is 13.9. The van der Waals surface area contributed by atoms with Crippen molar-refractivity contribution in [3.05, 3.63) is 0 Å². The lowest BCUT2D eigenvalue weighted by molar-refractivity contribution is -0.149. The summed E-state index contributed by atoms with van der Waals surface area (Å²) in [6, 6.07) is -3.80. The number of carboxylic acid groups (broad SMARTS) is 1. The first-order chi connectivity index (χ1) is 18.0. The molecule has 1 fully saturated rings. The molecule has 0 radical (unpaired) electrons. The summed E-state index contributed by atoms with van der Waals surface area (Å²) >= 11 is 1.49. The number of thioether (sulfide) groups is 1. The first-order valence-electron chi connectivity index (χ1n) is 12.5. The number of hydrogen-bond acceptors (Lipinski definition) is 8. The second kappa shape index (κ2) is 17.3. The minimum absolute atomic E-state index is 0.0529. The van der Waals surface area contributed by atoms with Gasteiger partial charge >= 0.3 is 5.97 Å². The van der Waals surface area contributed by atoms with Gasteiger partial charge in [-0.1, -0.05) is 0 Å². The lowest BCUT2D eigenvalue weighted by Crippen LogP contribution is -2.57. The molecule has 0 aromatic carbocycles. The number of carbonyl (C=O) groups excluding carboxylic acids is 3. The number of nitrogens with zero attached hydrogens (tertiary/aromatic N) is 3. The van der Waals surface area contributed by atoms with E-state index in [9.17, 15) is 24.3 Å². The van der Waals surface area contributed by atoms with Crippen LogP contribution in [0.15, 0.2) is 9.98 Å². The summed E-state index contributed by atoms with van der Waals surface area (Å²) in [4.78, 5) is 59.9. The summed E-state index contributed by atoms with van der Waals surface area (Å²) in [5.41, 5.74) is 27.3. The normalized spacial score (nSPS) is 17.1. The lowest BCUT2D eigenvalue weighted by Gasteiger charge is -2.29. The average molecular weight is 559 g/mol. The third-order valence-electron chi connectivity index (χ3n) is 5.93. The Kier molecular flexibility index (Phi) is 14.9. The number of likely N-dealkylation sites (tertiary alicyclic amines) is 1. The molecular formula is C22H42N10O5S. The third kappa shape index (κ3) is 11.9. The van der Waals surface area contributed by atoms with E-state index in [1.54, 1.807) is 0 Å². The van der Waals surface area contributed by atoms with Crippen LogP contribution in [0.2, 0.25) is 0 Å². The summed E-state index contributed by atoms with van der Waals surface area (Å²) in [6.07, 6.45) is 4.36. The van der Waals surface area contributed by atoms with Gasteiger partial charge in [0.15, 0.2) is 11.9 Å². The van der Waals surface area contributed by atoms with Crippen molar-refractivity contribution < 1.29 is 24.3 Å². The number of nitrogens with one attached hydrogen (secondary N) is 2. The van der Waals surface area contributed by atoms with Crippen molar-refractivity contribution in [2.24, 2.45) is 38.7 Å². The quantitative estimate of drug-likeness (QED) is 0.0513. The molecule has 4 atom stereocenters. The largest absolute Gasteiger partial charge is 0.480 e. The maximum absolute atomic E-state index is 13.3. The Labute approximate surface area is 226 Å². The number of rotatable bonds is 17. The number of aliphatic carboxylic acids is 1. The van der Waals surface area contributed by atoms with Gasteiger partial charge in [0.25, 0.3) is 0 Å². The molecule has 1 rings (SSSR count).